The summed E-state index contributed by atoms with van der Waals surface area (Å²) >= 11 is 0. The van der Waals surface area contributed by atoms with Crippen molar-refractivity contribution < 1.29 is 19.1 Å². The summed E-state index contributed by atoms with van der Waals surface area (Å²) in [5.74, 6) is -0.522. The minimum atomic E-state index is -0.453. The van der Waals surface area contributed by atoms with Crippen LogP contribution in [0, 0.1) is 5.92 Å². The Bertz CT molecular complexity index is 785. The maximum Gasteiger partial charge on any atom is 0.243 e. The molecule has 2 aliphatic rings. The van der Waals surface area contributed by atoms with E-state index in [1.807, 2.05) is 49.1 Å². The lowest BCUT2D eigenvalue weighted by atomic mass is 9.95. The zero-order valence-electron chi connectivity index (χ0n) is 19.3. The van der Waals surface area contributed by atoms with Crippen LogP contribution in [0.25, 0.3) is 0 Å². The molecular weight excluding hydrogens is 406 g/mol. The lowest BCUT2D eigenvalue weighted by Crippen LogP contribution is -2.54. The lowest BCUT2D eigenvalue weighted by molar-refractivity contribution is -0.144. The van der Waals surface area contributed by atoms with Crippen molar-refractivity contribution in [2.24, 2.45) is 11.7 Å². The van der Waals surface area contributed by atoms with Crippen molar-refractivity contribution in [2.45, 2.75) is 96.1 Å². The van der Waals surface area contributed by atoms with E-state index in [2.05, 4.69) is 5.32 Å². The molecule has 0 spiro atoms. The third-order valence-corrected chi connectivity index (χ3v) is 6.86. The van der Waals surface area contributed by atoms with Crippen LogP contribution in [0.3, 0.4) is 0 Å². The molecule has 1 aromatic rings. The number of nitrogens with zero attached hydrogens (tertiary/aromatic N) is 1. The molecule has 32 heavy (non-hydrogen) atoms. The van der Waals surface area contributed by atoms with Crippen LogP contribution in [-0.2, 0) is 25.7 Å². The third kappa shape index (κ3) is 6.31. The van der Waals surface area contributed by atoms with Crippen molar-refractivity contribution in [3.63, 3.8) is 0 Å². The molecule has 0 saturated carbocycles. The number of rotatable bonds is 9. The van der Waals surface area contributed by atoms with Gasteiger partial charge in [0.1, 0.15) is 6.04 Å². The first-order chi connectivity index (χ1) is 15.4. The summed E-state index contributed by atoms with van der Waals surface area (Å²) in [6, 6.07) is 9.16. The molecular formula is C25H37N3O4. The first kappa shape index (κ1) is 24.2. The molecule has 0 aliphatic carbocycles. The largest absolute Gasteiger partial charge is 0.372 e. The zero-order valence-corrected chi connectivity index (χ0v) is 19.3. The van der Waals surface area contributed by atoms with E-state index in [9.17, 15) is 14.4 Å². The topological polar surface area (TPSA) is 102 Å². The highest BCUT2D eigenvalue weighted by Gasteiger charge is 2.43. The highest BCUT2D eigenvalue weighted by molar-refractivity contribution is 5.89. The molecule has 3 amide bonds. The Kier molecular flexibility index (Phi) is 8.67. The summed E-state index contributed by atoms with van der Waals surface area (Å²) < 4.78 is 6.02. The molecule has 7 heteroatoms. The van der Waals surface area contributed by atoms with Crippen LogP contribution in [0.2, 0.25) is 0 Å². The summed E-state index contributed by atoms with van der Waals surface area (Å²) in [4.78, 5) is 39.6. The van der Waals surface area contributed by atoms with E-state index >= 15 is 0 Å². The fourth-order valence-electron chi connectivity index (χ4n) is 4.88. The van der Waals surface area contributed by atoms with Crippen LogP contribution in [-0.4, -0.2) is 46.9 Å². The minimum Gasteiger partial charge on any atom is -0.372 e. The van der Waals surface area contributed by atoms with Crippen LogP contribution in [0.5, 0.6) is 0 Å². The van der Waals surface area contributed by atoms with E-state index in [-0.39, 0.29) is 42.3 Å². The molecule has 7 nitrogen and oxygen atoms in total. The van der Waals surface area contributed by atoms with Gasteiger partial charge in [0.2, 0.25) is 17.7 Å². The summed E-state index contributed by atoms with van der Waals surface area (Å²) in [5.41, 5.74) is 6.41. The Morgan fingerprint density at radius 1 is 1.16 bits per heavy atom. The second-order valence-electron chi connectivity index (χ2n) is 9.30. The van der Waals surface area contributed by atoms with Gasteiger partial charge in [-0.15, -0.1) is 0 Å². The zero-order chi connectivity index (χ0) is 23.1. The van der Waals surface area contributed by atoms with Gasteiger partial charge in [-0.1, -0.05) is 50.1 Å². The highest BCUT2D eigenvalue weighted by atomic mass is 16.5. The smallest absolute Gasteiger partial charge is 0.243 e. The van der Waals surface area contributed by atoms with Crippen molar-refractivity contribution >= 4 is 17.7 Å². The van der Waals surface area contributed by atoms with Gasteiger partial charge in [-0.05, 0) is 44.6 Å². The minimum absolute atomic E-state index is 0.0509. The van der Waals surface area contributed by atoms with E-state index in [0.29, 0.717) is 19.4 Å². The molecule has 2 heterocycles. The Labute approximate surface area is 191 Å². The fraction of sp³-hybridized carbons (Fsp3) is 0.640. The van der Waals surface area contributed by atoms with Gasteiger partial charge in [-0.3, -0.25) is 14.4 Å². The molecule has 2 fully saturated rings. The van der Waals surface area contributed by atoms with E-state index < -0.39 is 11.9 Å². The normalized spacial score (nSPS) is 25.4. The van der Waals surface area contributed by atoms with Gasteiger partial charge in [0.15, 0.2) is 0 Å². The Morgan fingerprint density at radius 2 is 1.88 bits per heavy atom. The molecule has 5 atom stereocenters. The van der Waals surface area contributed by atoms with Gasteiger partial charge in [0.05, 0.1) is 18.8 Å². The number of hydrogen-bond acceptors (Lipinski definition) is 4. The van der Waals surface area contributed by atoms with E-state index in [0.717, 1.165) is 37.7 Å². The Morgan fingerprint density at radius 3 is 2.59 bits per heavy atom. The van der Waals surface area contributed by atoms with Crippen LogP contribution in [0.1, 0.15) is 70.8 Å². The number of fused-ring (bicyclic) bond motifs is 1. The maximum absolute atomic E-state index is 13.3. The predicted molar refractivity (Wildman–Crippen MR) is 122 cm³/mol. The monoisotopic (exact) mass is 443 g/mol. The second-order valence-corrected chi connectivity index (χ2v) is 9.30. The van der Waals surface area contributed by atoms with Crippen LogP contribution in [0.4, 0.5) is 0 Å². The van der Waals surface area contributed by atoms with Crippen LogP contribution in [0.15, 0.2) is 30.3 Å². The SMILES string of the molecule is C[C@H]1CCCC[C@H]2CC[C@@H](C(=O)N[C@@H](CCC(N)=O)[C@@H](C)OCc3ccccc3)N2C1=O. The van der Waals surface area contributed by atoms with Crippen molar-refractivity contribution in [2.75, 3.05) is 0 Å². The molecule has 0 bridgehead atoms. The van der Waals surface area contributed by atoms with Crippen molar-refractivity contribution in [1.29, 1.82) is 0 Å². The lowest BCUT2D eigenvalue weighted by Gasteiger charge is -2.35. The number of amides is 3. The molecule has 0 unspecified atom stereocenters. The van der Waals surface area contributed by atoms with Crippen LogP contribution < -0.4 is 11.1 Å². The summed E-state index contributed by atoms with van der Waals surface area (Å²) in [5, 5.41) is 3.09. The summed E-state index contributed by atoms with van der Waals surface area (Å²) in [6.07, 6.45) is 5.80. The fourth-order valence-corrected chi connectivity index (χ4v) is 4.88. The average molecular weight is 444 g/mol. The van der Waals surface area contributed by atoms with Crippen molar-refractivity contribution in [1.82, 2.24) is 10.2 Å². The first-order valence-corrected chi connectivity index (χ1v) is 11.9. The van der Waals surface area contributed by atoms with Gasteiger partial charge in [0, 0.05) is 18.4 Å². The maximum atomic E-state index is 13.3. The molecule has 1 aromatic carbocycles. The molecule has 0 aromatic heterocycles. The van der Waals surface area contributed by atoms with Gasteiger partial charge in [-0.25, -0.2) is 0 Å². The Balaban J connectivity index is 1.66. The van der Waals surface area contributed by atoms with Gasteiger partial charge >= 0.3 is 0 Å². The molecule has 176 valence electrons. The van der Waals surface area contributed by atoms with Gasteiger partial charge in [-0.2, -0.15) is 0 Å². The number of nitrogens with two attached hydrogens (primary N) is 1. The number of hydrogen-bond donors (Lipinski definition) is 2. The molecule has 3 N–H and O–H groups in total. The van der Waals surface area contributed by atoms with E-state index in [4.69, 9.17) is 10.5 Å². The van der Waals surface area contributed by atoms with Gasteiger partial charge < -0.3 is 20.7 Å². The number of carbonyl (C=O) groups excluding carboxylic acids is 3. The number of ether oxygens (including phenoxy) is 1. The summed E-state index contributed by atoms with van der Waals surface area (Å²) in [7, 11) is 0. The predicted octanol–water partition coefficient (Wildman–Crippen LogP) is 2.91. The highest BCUT2D eigenvalue weighted by Crippen LogP contribution is 2.33. The number of primary amides is 1. The van der Waals surface area contributed by atoms with Gasteiger partial charge in [0.25, 0.3) is 0 Å². The number of nitrogens with one attached hydrogen (secondary N) is 1. The standard InChI is InChI=1S/C25H37N3O4/c1-17-8-6-7-11-20-12-14-22(28(20)25(17)31)24(30)27-21(13-15-23(26)29)18(2)32-16-19-9-4-3-5-10-19/h3-5,9-10,17-18,20-22H,6-8,11-16H2,1-2H3,(H2,26,29)(H,27,30)/t17-,18+,20-,21-,22-/m0/s1. The first-order valence-electron chi connectivity index (χ1n) is 11.9. The third-order valence-electron chi connectivity index (χ3n) is 6.86. The van der Waals surface area contributed by atoms with E-state index in [1.54, 1.807) is 0 Å². The average Bonchev–Trinajstić information content (AvgIpc) is 3.20. The molecule has 2 saturated heterocycles. The number of benzene rings is 1. The molecule has 2 aliphatic heterocycles. The van der Waals surface area contributed by atoms with Crippen molar-refractivity contribution in [3.05, 3.63) is 35.9 Å². The second kappa shape index (κ2) is 11.5. The quantitative estimate of drug-likeness (QED) is 0.613. The molecule has 0 radical (unpaired) electrons. The van der Waals surface area contributed by atoms with Crippen molar-refractivity contribution in [3.8, 4) is 0 Å². The molecule has 3 rings (SSSR count). The number of carbonyl (C=O) groups is 3. The summed E-state index contributed by atoms with van der Waals surface area (Å²) in [6.45, 7) is 4.28. The van der Waals surface area contributed by atoms with E-state index in [1.165, 1.54) is 0 Å². The Hall–Kier alpha value is -2.41. The van der Waals surface area contributed by atoms with Crippen LogP contribution >= 0.6 is 0 Å².